The van der Waals surface area contributed by atoms with Crippen molar-refractivity contribution in [2.75, 3.05) is 32.2 Å². The molecule has 0 spiro atoms. The van der Waals surface area contributed by atoms with Gasteiger partial charge in [0.05, 0.1) is 25.0 Å². The number of anilines is 1. The molecular weight excluding hydrogens is 324 g/mol. The Balaban J connectivity index is 2.23. The molecular formula is C13H21BrN4O2. The van der Waals surface area contributed by atoms with Crippen molar-refractivity contribution in [2.45, 2.75) is 25.4 Å². The van der Waals surface area contributed by atoms with Crippen LogP contribution in [0.4, 0.5) is 5.69 Å². The molecule has 7 heteroatoms. The fourth-order valence-corrected chi connectivity index (χ4v) is 2.95. The summed E-state index contributed by atoms with van der Waals surface area (Å²) in [7, 11) is 3.57. The lowest BCUT2D eigenvalue weighted by atomic mass is 10.1. The van der Waals surface area contributed by atoms with Crippen LogP contribution in [0.1, 0.15) is 12.8 Å². The van der Waals surface area contributed by atoms with E-state index < -0.39 is 0 Å². The highest BCUT2D eigenvalue weighted by Gasteiger charge is 2.34. The minimum absolute atomic E-state index is 0.141. The molecule has 112 valence electrons. The quantitative estimate of drug-likeness (QED) is 0.792. The number of methoxy groups -OCH3 is 1. The average Bonchev–Trinajstić information content (AvgIpc) is 3.26. The SMILES string of the molecule is COCCn1ncc(N(C)C(CN)C2CC2)c(Br)c1=O. The summed E-state index contributed by atoms with van der Waals surface area (Å²) in [5.41, 5.74) is 6.51. The van der Waals surface area contributed by atoms with Gasteiger partial charge in [-0.25, -0.2) is 4.68 Å². The molecule has 1 aliphatic carbocycles. The van der Waals surface area contributed by atoms with Gasteiger partial charge in [0.15, 0.2) is 0 Å². The highest BCUT2D eigenvalue weighted by molar-refractivity contribution is 9.10. The molecule has 0 aliphatic heterocycles. The van der Waals surface area contributed by atoms with Gasteiger partial charge in [0.25, 0.3) is 5.56 Å². The van der Waals surface area contributed by atoms with Crippen molar-refractivity contribution in [1.29, 1.82) is 0 Å². The summed E-state index contributed by atoms with van der Waals surface area (Å²) in [6.07, 6.45) is 4.14. The first-order valence-electron chi connectivity index (χ1n) is 6.77. The lowest BCUT2D eigenvalue weighted by Gasteiger charge is -2.29. The van der Waals surface area contributed by atoms with E-state index in [9.17, 15) is 4.79 Å². The largest absolute Gasteiger partial charge is 0.383 e. The molecule has 1 fully saturated rings. The van der Waals surface area contributed by atoms with Crippen LogP contribution in [0.5, 0.6) is 0 Å². The molecule has 1 unspecified atom stereocenters. The average molecular weight is 345 g/mol. The number of halogens is 1. The number of hydrogen-bond donors (Lipinski definition) is 1. The van der Waals surface area contributed by atoms with E-state index in [1.54, 1.807) is 13.3 Å². The molecule has 0 saturated heterocycles. The van der Waals surface area contributed by atoms with E-state index in [2.05, 4.69) is 25.9 Å². The van der Waals surface area contributed by atoms with Crippen LogP contribution in [0.15, 0.2) is 15.5 Å². The van der Waals surface area contributed by atoms with Gasteiger partial charge in [-0.15, -0.1) is 0 Å². The minimum Gasteiger partial charge on any atom is -0.383 e. The van der Waals surface area contributed by atoms with Gasteiger partial charge in [-0.2, -0.15) is 5.10 Å². The molecule has 20 heavy (non-hydrogen) atoms. The number of ether oxygens (including phenoxy) is 1. The molecule has 1 aromatic heterocycles. The summed E-state index contributed by atoms with van der Waals surface area (Å²) < 4.78 is 6.91. The molecule has 0 bridgehead atoms. The van der Waals surface area contributed by atoms with Crippen molar-refractivity contribution in [3.63, 3.8) is 0 Å². The van der Waals surface area contributed by atoms with Crippen molar-refractivity contribution < 1.29 is 4.74 Å². The number of likely N-dealkylation sites (N-methyl/N-ethyl adjacent to an activating group) is 1. The first kappa shape index (κ1) is 15.5. The van der Waals surface area contributed by atoms with Gasteiger partial charge in [-0.05, 0) is 34.7 Å². The smallest absolute Gasteiger partial charge is 0.283 e. The van der Waals surface area contributed by atoms with E-state index >= 15 is 0 Å². The minimum atomic E-state index is -0.141. The van der Waals surface area contributed by atoms with Crippen LogP contribution in [0.3, 0.4) is 0 Å². The third kappa shape index (κ3) is 3.21. The van der Waals surface area contributed by atoms with Gasteiger partial charge < -0.3 is 15.4 Å². The van der Waals surface area contributed by atoms with Crippen LogP contribution in [0.25, 0.3) is 0 Å². The van der Waals surface area contributed by atoms with Crippen molar-refractivity contribution >= 4 is 21.6 Å². The third-order valence-corrected chi connectivity index (χ3v) is 4.50. The van der Waals surface area contributed by atoms with E-state index in [1.807, 2.05) is 7.05 Å². The summed E-state index contributed by atoms with van der Waals surface area (Å²) >= 11 is 3.39. The second kappa shape index (κ2) is 6.69. The van der Waals surface area contributed by atoms with Crippen LogP contribution in [0.2, 0.25) is 0 Å². The molecule has 1 aliphatic rings. The lowest BCUT2D eigenvalue weighted by Crippen LogP contribution is -2.41. The van der Waals surface area contributed by atoms with E-state index in [-0.39, 0.29) is 11.6 Å². The van der Waals surface area contributed by atoms with Crippen molar-refractivity contribution in [3.05, 3.63) is 21.0 Å². The molecule has 6 nitrogen and oxygen atoms in total. The molecule has 2 N–H and O–H groups in total. The van der Waals surface area contributed by atoms with Crippen LogP contribution >= 0.6 is 15.9 Å². The normalized spacial score (nSPS) is 16.2. The predicted octanol–water partition coefficient (Wildman–Crippen LogP) is 0.826. The Hall–Kier alpha value is -0.920. The Labute approximate surface area is 127 Å². The zero-order valence-electron chi connectivity index (χ0n) is 11.9. The zero-order valence-corrected chi connectivity index (χ0v) is 13.5. The van der Waals surface area contributed by atoms with Gasteiger partial charge in [0.2, 0.25) is 0 Å². The maximum Gasteiger partial charge on any atom is 0.283 e. The molecule has 1 aromatic rings. The van der Waals surface area contributed by atoms with Gasteiger partial charge in [0.1, 0.15) is 4.47 Å². The topological polar surface area (TPSA) is 73.4 Å². The third-order valence-electron chi connectivity index (χ3n) is 3.76. The van der Waals surface area contributed by atoms with E-state index in [1.165, 1.54) is 17.5 Å². The Bertz CT molecular complexity index is 516. The van der Waals surface area contributed by atoms with Crippen LogP contribution < -0.4 is 16.2 Å². The number of nitrogens with zero attached hydrogens (tertiary/aromatic N) is 3. The molecule has 0 aromatic carbocycles. The fraction of sp³-hybridized carbons (Fsp3) is 0.692. The van der Waals surface area contributed by atoms with Crippen LogP contribution in [-0.4, -0.2) is 43.1 Å². The molecule has 1 heterocycles. The Morgan fingerprint density at radius 2 is 2.35 bits per heavy atom. The van der Waals surface area contributed by atoms with E-state index in [4.69, 9.17) is 10.5 Å². The van der Waals surface area contributed by atoms with Gasteiger partial charge >= 0.3 is 0 Å². The van der Waals surface area contributed by atoms with Gasteiger partial charge in [0, 0.05) is 26.7 Å². The van der Waals surface area contributed by atoms with Gasteiger partial charge in [-0.3, -0.25) is 4.79 Å². The summed E-state index contributed by atoms with van der Waals surface area (Å²) in [5.74, 6) is 0.632. The zero-order chi connectivity index (χ0) is 14.7. The highest BCUT2D eigenvalue weighted by atomic mass is 79.9. The second-order valence-corrected chi connectivity index (χ2v) is 5.91. The summed E-state index contributed by atoms with van der Waals surface area (Å²) in [6, 6.07) is 0.266. The van der Waals surface area contributed by atoms with Crippen molar-refractivity contribution in [3.8, 4) is 0 Å². The monoisotopic (exact) mass is 344 g/mol. The lowest BCUT2D eigenvalue weighted by molar-refractivity contribution is 0.181. The number of rotatable bonds is 7. The fourth-order valence-electron chi connectivity index (χ4n) is 2.37. The number of aromatic nitrogens is 2. The Morgan fingerprint density at radius 1 is 1.65 bits per heavy atom. The molecule has 1 atom stereocenters. The predicted molar refractivity (Wildman–Crippen MR) is 82.0 cm³/mol. The molecule has 2 rings (SSSR count). The molecule has 1 saturated carbocycles. The maximum absolute atomic E-state index is 12.2. The Kier molecular flexibility index (Phi) is 5.17. The summed E-state index contributed by atoms with van der Waals surface area (Å²) in [6.45, 7) is 1.49. The first-order valence-corrected chi connectivity index (χ1v) is 7.57. The van der Waals surface area contributed by atoms with Crippen LogP contribution in [-0.2, 0) is 11.3 Å². The second-order valence-electron chi connectivity index (χ2n) is 5.12. The standard InChI is InChI=1S/C13H21BrN4O2/c1-17(10(7-15)9-3-4-9)11-8-16-18(5-6-20-2)13(19)12(11)14/h8-10H,3-7,15H2,1-2H3. The number of hydrogen-bond acceptors (Lipinski definition) is 5. The molecule has 0 amide bonds. The summed E-state index contributed by atoms with van der Waals surface area (Å²) in [5, 5.41) is 4.21. The maximum atomic E-state index is 12.2. The van der Waals surface area contributed by atoms with E-state index in [0.717, 1.165) is 5.69 Å². The van der Waals surface area contributed by atoms with Crippen molar-refractivity contribution in [2.24, 2.45) is 11.7 Å². The summed E-state index contributed by atoms with van der Waals surface area (Å²) in [4.78, 5) is 14.3. The highest BCUT2D eigenvalue weighted by Crippen LogP contribution is 2.36. The first-order chi connectivity index (χ1) is 9.60. The van der Waals surface area contributed by atoms with Gasteiger partial charge in [-0.1, -0.05) is 0 Å². The molecule has 0 radical (unpaired) electrons. The van der Waals surface area contributed by atoms with Crippen LogP contribution in [0, 0.1) is 5.92 Å². The number of nitrogens with two attached hydrogens (primary N) is 1. The van der Waals surface area contributed by atoms with E-state index in [0.29, 0.717) is 30.1 Å². The Morgan fingerprint density at radius 3 is 2.90 bits per heavy atom. The van der Waals surface area contributed by atoms with Crippen molar-refractivity contribution in [1.82, 2.24) is 9.78 Å².